The topological polar surface area (TPSA) is 103 Å². The molecule has 0 unspecified atom stereocenters. The molecule has 2 rings (SSSR count). The quantitative estimate of drug-likeness (QED) is 0.610. The molecule has 0 aliphatic heterocycles. The lowest BCUT2D eigenvalue weighted by atomic mass is 10.0. The van der Waals surface area contributed by atoms with E-state index in [1.54, 1.807) is 24.3 Å². The minimum absolute atomic E-state index is 0.0189. The summed E-state index contributed by atoms with van der Waals surface area (Å²) >= 11 is 0. The molecule has 8 nitrogen and oxygen atoms in total. The number of carboxylic acids is 1. The molecule has 0 bridgehead atoms. The molecule has 0 aliphatic carbocycles. The van der Waals surface area contributed by atoms with Gasteiger partial charge < -0.3 is 29.4 Å². The first-order valence-electron chi connectivity index (χ1n) is 9.38. The average Bonchev–Trinajstić information content (AvgIpc) is 2.71. The number of hydrogen-bond donors (Lipinski definition) is 2. The van der Waals surface area contributed by atoms with Gasteiger partial charge in [-0.25, -0.2) is 0 Å². The Morgan fingerprint density at radius 1 is 0.967 bits per heavy atom. The van der Waals surface area contributed by atoms with Crippen LogP contribution in [0.1, 0.15) is 42.2 Å². The zero-order valence-corrected chi connectivity index (χ0v) is 17.7. The fraction of sp³-hybridized carbons (Fsp3) is 0.364. The van der Waals surface area contributed by atoms with Gasteiger partial charge in [-0.2, -0.15) is 0 Å². The van der Waals surface area contributed by atoms with Crippen LogP contribution < -0.4 is 24.3 Å². The monoisotopic (exact) mass is 417 g/mol. The van der Waals surface area contributed by atoms with Crippen LogP contribution in [-0.2, 0) is 4.79 Å². The van der Waals surface area contributed by atoms with Crippen molar-refractivity contribution in [1.29, 1.82) is 0 Å². The minimum atomic E-state index is -1.03. The number of methoxy groups -OCH3 is 3. The van der Waals surface area contributed by atoms with Crippen molar-refractivity contribution in [1.82, 2.24) is 5.32 Å². The number of hydrogen-bond acceptors (Lipinski definition) is 6. The minimum Gasteiger partial charge on any atom is -0.493 e. The number of carbonyl (C=O) groups is 2. The van der Waals surface area contributed by atoms with Gasteiger partial charge in [0.1, 0.15) is 5.75 Å². The summed E-state index contributed by atoms with van der Waals surface area (Å²) in [6.45, 7) is 3.83. The van der Waals surface area contributed by atoms with Gasteiger partial charge in [0, 0.05) is 5.56 Å². The van der Waals surface area contributed by atoms with Crippen molar-refractivity contribution in [2.75, 3.05) is 21.3 Å². The summed E-state index contributed by atoms with van der Waals surface area (Å²) in [5, 5.41) is 12.1. The fourth-order valence-electron chi connectivity index (χ4n) is 2.93. The first-order valence-corrected chi connectivity index (χ1v) is 9.38. The largest absolute Gasteiger partial charge is 0.493 e. The molecule has 0 spiro atoms. The van der Waals surface area contributed by atoms with Crippen molar-refractivity contribution in [3.63, 3.8) is 0 Å². The molecule has 1 amide bonds. The summed E-state index contributed by atoms with van der Waals surface area (Å²) in [5.41, 5.74) is 0.897. The van der Waals surface area contributed by atoms with Crippen molar-refractivity contribution in [3.05, 3.63) is 47.5 Å². The number of aliphatic carboxylic acids is 1. The van der Waals surface area contributed by atoms with Crippen molar-refractivity contribution in [2.24, 2.45) is 0 Å². The van der Waals surface area contributed by atoms with E-state index in [0.29, 0.717) is 28.6 Å². The smallest absolute Gasteiger partial charge is 0.305 e. The maximum atomic E-state index is 12.9. The Kier molecular flexibility index (Phi) is 7.91. The fourth-order valence-corrected chi connectivity index (χ4v) is 2.93. The highest BCUT2D eigenvalue weighted by atomic mass is 16.5. The first-order chi connectivity index (χ1) is 14.3. The van der Waals surface area contributed by atoms with Crippen LogP contribution in [0.4, 0.5) is 0 Å². The Morgan fingerprint density at radius 2 is 1.53 bits per heavy atom. The molecule has 0 fully saturated rings. The van der Waals surface area contributed by atoms with Crippen LogP contribution in [0.25, 0.3) is 0 Å². The second-order valence-electron chi connectivity index (χ2n) is 6.77. The molecule has 0 aliphatic rings. The maximum Gasteiger partial charge on any atom is 0.305 e. The highest BCUT2D eigenvalue weighted by Crippen LogP contribution is 2.38. The molecule has 0 saturated heterocycles. The Morgan fingerprint density at radius 3 is 1.97 bits per heavy atom. The van der Waals surface area contributed by atoms with E-state index in [1.807, 2.05) is 13.8 Å². The van der Waals surface area contributed by atoms with Crippen molar-refractivity contribution < 1.29 is 33.6 Å². The van der Waals surface area contributed by atoms with E-state index in [2.05, 4.69) is 5.32 Å². The van der Waals surface area contributed by atoms with Crippen molar-refractivity contribution in [2.45, 2.75) is 32.4 Å². The van der Waals surface area contributed by atoms with E-state index in [9.17, 15) is 14.7 Å². The SMILES string of the molecule is COc1cc(C(=O)N[C@H](CC(=O)O)c2ccc(OC(C)C)cc2)cc(OC)c1OC. The van der Waals surface area contributed by atoms with Gasteiger partial charge in [-0.05, 0) is 43.7 Å². The summed E-state index contributed by atoms with van der Waals surface area (Å²) in [7, 11) is 4.37. The molecule has 2 N–H and O–H groups in total. The van der Waals surface area contributed by atoms with Gasteiger partial charge in [-0.15, -0.1) is 0 Å². The van der Waals surface area contributed by atoms with Crippen molar-refractivity contribution in [3.8, 4) is 23.0 Å². The first kappa shape index (κ1) is 22.9. The standard InChI is InChI=1S/C22H27NO7/c1-13(2)30-16-8-6-14(7-9-16)17(12-20(24)25)23-22(26)15-10-18(27-3)21(29-5)19(11-15)28-4/h6-11,13,17H,12H2,1-5H3,(H,23,26)(H,24,25)/t17-/m1/s1. The Balaban J connectivity index is 2.30. The van der Waals surface area contributed by atoms with Gasteiger partial charge in [0.2, 0.25) is 5.75 Å². The molecule has 0 saturated carbocycles. The Labute approximate surface area is 175 Å². The van der Waals surface area contributed by atoms with Gasteiger partial charge in [0.25, 0.3) is 5.91 Å². The summed E-state index contributed by atoms with van der Waals surface area (Å²) in [4.78, 5) is 24.2. The van der Waals surface area contributed by atoms with Crippen LogP contribution >= 0.6 is 0 Å². The zero-order valence-electron chi connectivity index (χ0n) is 17.7. The van der Waals surface area contributed by atoms with E-state index in [1.165, 1.54) is 33.5 Å². The lowest BCUT2D eigenvalue weighted by Crippen LogP contribution is -2.30. The lowest BCUT2D eigenvalue weighted by molar-refractivity contribution is -0.137. The van der Waals surface area contributed by atoms with Gasteiger partial charge in [-0.1, -0.05) is 12.1 Å². The third-order valence-corrected chi connectivity index (χ3v) is 4.27. The maximum absolute atomic E-state index is 12.9. The zero-order chi connectivity index (χ0) is 22.3. The van der Waals surface area contributed by atoms with Crippen molar-refractivity contribution >= 4 is 11.9 Å². The van der Waals surface area contributed by atoms with Crippen LogP contribution in [0.2, 0.25) is 0 Å². The molecular formula is C22H27NO7. The average molecular weight is 417 g/mol. The van der Waals surface area contributed by atoms with Gasteiger partial charge >= 0.3 is 5.97 Å². The number of rotatable bonds is 10. The normalized spacial score (nSPS) is 11.5. The van der Waals surface area contributed by atoms with Crippen LogP contribution in [0.15, 0.2) is 36.4 Å². The molecule has 0 radical (unpaired) electrons. The summed E-state index contributed by atoms with van der Waals surface area (Å²) in [6, 6.07) is 9.25. The summed E-state index contributed by atoms with van der Waals surface area (Å²) in [5.74, 6) is 0.174. The Bertz CT molecular complexity index is 853. The predicted octanol–water partition coefficient (Wildman–Crippen LogP) is 3.45. The predicted molar refractivity (Wildman–Crippen MR) is 111 cm³/mol. The molecular weight excluding hydrogens is 390 g/mol. The second-order valence-corrected chi connectivity index (χ2v) is 6.77. The number of benzene rings is 2. The van der Waals surface area contributed by atoms with Crippen LogP contribution in [0, 0.1) is 0 Å². The van der Waals surface area contributed by atoms with E-state index in [4.69, 9.17) is 18.9 Å². The van der Waals surface area contributed by atoms with Crippen LogP contribution in [0.5, 0.6) is 23.0 Å². The highest BCUT2D eigenvalue weighted by molar-refractivity contribution is 5.96. The van der Waals surface area contributed by atoms with E-state index in [-0.39, 0.29) is 18.1 Å². The molecule has 162 valence electrons. The third-order valence-electron chi connectivity index (χ3n) is 4.27. The van der Waals surface area contributed by atoms with Gasteiger partial charge in [-0.3, -0.25) is 9.59 Å². The van der Waals surface area contributed by atoms with E-state index < -0.39 is 17.9 Å². The molecule has 1 atom stereocenters. The van der Waals surface area contributed by atoms with Crippen LogP contribution in [-0.4, -0.2) is 44.4 Å². The van der Waals surface area contributed by atoms with Gasteiger partial charge in [0.15, 0.2) is 11.5 Å². The number of ether oxygens (including phenoxy) is 4. The molecule has 2 aromatic carbocycles. The molecule has 0 aromatic heterocycles. The number of carbonyl (C=O) groups excluding carboxylic acids is 1. The molecule has 0 heterocycles. The van der Waals surface area contributed by atoms with E-state index >= 15 is 0 Å². The highest BCUT2D eigenvalue weighted by Gasteiger charge is 2.22. The van der Waals surface area contributed by atoms with E-state index in [0.717, 1.165) is 0 Å². The van der Waals surface area contributed by atoms with Crippen LogP contribution in [0.3, 0.4) is 0 Å². The second kappa shape index (κ2) is 10.4. The summed E-state index contributed by atoms with van der Waals surface area (Å²) in [6.07, 6.45) is -0.258. The molecule has 2 aromatic rings. The summed E-state index contributed by atoms with van der Waals surface area (Å²) < 4.78 is 21.4. The number of nitrogens with one attached hydrogen (secondary N) is 1. The molecule has 8 heteroatoms. The number of carboxylic acid groups (broad SMARTS) is 1. The molecule has 30 heavy (non-hydrogen) atoms. The number of amides is 1. The third kappa shape index (κ3) is 5.79. The Hall–Kier alpha value is -3.42. The lowest BCUT2D eigenvalue weighted by Gasteiger charge is -2.19. The van der Waals surface area contributed by atoms with Gasteiger partial charge in [0.05, 0.1) is 39.9 Å².